The molecule has 0 saturated carbocycles. The zero-order valence-corrected chi connectivity index (χ0v) is 9.92. The molecular formula is C12H15N3O2. The maximum Gasteiger partial charge on any atom is 0.350 e. The first-order chi connectivity index (χ1) is 8.13. The lowest BCUT2D eigenvalue weighted by Crippen LogP contribution is -2.25. The second-order valence-electron chi connectivity index (χ2n) is 3.96. The Bertz CT molecular complexity index is 584. The number of aryl methyl sites for hydroxylation is 2. The van der Waals surface area contributed by atoms with Gasteiger partial charge in [0.15, 0.2) is 0 Å². The van der Waals surface area contributed by atoms with Crippen molar-refractivity contribution in [3.63, 3.8) is 0 Å². The molecule has 1 heterocycles. The molecule has 90 valence electrons. The highest BCUT2D eigenvalue weighted by Gasteiger charge is 2.10. The molecule has 2 aromatic rings. The van der Waals surface area contributed by atoms with Gasteiger partial charge in [0.2, 0.25) is 0 Å². The molecule has 5 heteroatoms. The van der Waals surface area contributed by atoms with Crippen molar-refractivity contribution in [2.75, 3.05) is 6.61 Å². The summed E-state index contributed by atoms with van der Waals surface area (Å²) >= 11 is 0. The fourth-order valence-electron chi connectivity index (χ4n) is 1.78. The zero-order valence-electron chi connectivity index (χ0n) is 9.92. The lowest BCUT2D eigenvalue weighted by atomic mass is 10.2. The Morgan fingerprint density at radius 3 is 2.76 bits per heavy atom. The molecule has 0 aliphatic rings. The Kier molecular flexibility index (Phi) is 3.10. The van der Waals surface area contributed by atoms with Gasteiger partial charge in [-0.25, -0.2) is 4.79 Å². The van der Waals surface area contributed by atoms with E-state index in [2.05, 4.69) is 5.10 Å². The van der Waals surface area contributed by atoms with E-state index in [0.29, 0.717) is 5.82 Å². The van der Waals surface area contributed by atoms with Gasteiger partial charge in [0.05, 0.1) is 18.8 Å². The van der Waals surface area contributed by atoms with E-state index in [0.717, 1.165) is 11.3 Å². The van der Waals surface area contributed by atoms with Crippen molar-refractivity contribution in [2.45, 2.75) is 20.4 Å². The highest BCUT2D eigenvalue weighted by atomic mass is 16.3. The summed E-state index contributed by atoms with van der Waals surface area (Å²) in [6, 6.07) is 7.59. The van der Waals surface area contributed by atoms with Crippen molar-refractivity contribution < 1.29 is 5.11 Å². The molecule has 17 heavy (non-hydrogen) atoms. The average molecular weight is 233 g/mol. The van der Waals surface area contributed by atoms with Gasteiger partial charge in [-0.3, -0.25) is 4.57 Å². The SMILES string of the molecule is Cc1cccc(-n2nc(C)n(CCO)c2=O)c1. The zero-order chi connectivity index (χ0) is 12.4. The molecule has 0 radical (unpaired) electrons. The summed E-state index contributed by atoms with van der Waals surface area (Å²) < 4.78 is 2.82. The van der Waals surface area contributed by atoms with Gasteiger partial charge in [-0.05, 0) is 31.5 Å². The number of hydrogen-bond donors (Lipinski definition) is 1. The number of aliphatic hydroxyl groups excluding tert-OH is 1. The number of rotatable bonds is 3. The number of hydrogen-bond acceptors (Lipinski definition) is 3. The van der Waals surface area contributed by atoms with Crippen molar-refractivity contribution in [3.05, 3.63) is 46.1 Å². The summed E-state index contributed by atoms with van der Waals surface area (Å²) in [6.07, 6.45) is 0. The van der Waals surface area contributed by atoms with Crippen molar-refractivity contribution >= 4 is 0 Å². The second-order valence-corrected chi connectivity index (χ2v) is 3.96. The minimum absolute atomic E-state index is 0.0692. The molecular weight excluding hydrogens is 218 g/mol. The first-order valence-corrected chi connectivity index (χ1v) is 5.48. The first kappa shape index (κ1) is 11.6. The molecule has 0 amide bonds. The van der Waals surface area contributed by atoms with Gasteiger partial charge in [-0.2, -0.15) is 9.78 Å². The van der Waals surface area contributed by atoms with Crippen LogP contribution >= 0.6 is 0 Å². The number of nitrogens with zero attached hydrogens (tertiary/aromatic N) is 3. The Morgan fingerprint density at radius 1 is 1.35 bits per heavy atom. The second kappa shape index (κ2) is 4.55. The van der Waals surface area contributed by atoms with Crippen LogP contribution in [0, 0.1) is 13.8 Å². The smallest absolute Gasteiger partial charge is 0.350 e. The van der Waals surface area contributed by atoms with E-state index in [-0.39, 0.29) is 18.8 Å². The van der Waals surface area contributed by atoms with Crippen LogP contribution in [0.5, 0.6) is 0 Å². The Labute approximate surface area is 98.9 Å². The third kappa shape index (κ3) is 2.14. The standard InChI is InChI=1S/C12H15N3O2/c1-9-4-3-5-11(8-9)15-12(17)14(6-7-16)10(2)13-15/h3-5,8,16H,6-7H2,1-2H3. The third-order valence-corrected chi connectivity index (χ3v) is 2.62. The lowest BCUT2D eigenvalue weighted by molar-refractivity contribution is 0.273. The van der Waals surface area contributed by atoms with E-state index >= 15 is 0 Å². The molecule has 1 N–H and O–H groups in total. The monoisotopic (exact) mass is 233 g/mol. The first-order valence-electron chi connectivity index (χ1n) is 5.48. The van der Waals surface area contributed by atoms with Crippen LogP contribution in [0.25, 0.3) is 5.69 Å². The molecule has 2 rings (SSSR count). The molecule has 0 fully saturated rings. The van der Waals surface area contributed by atoms with Crippen LogP contribution in [0.1, 0.15) is 11.4 Å². The summed E-state index contributed by atoms with van der Waals surface area (Å²) in [7, 11) is 0. The number of aliphatic hydroxyl groups is 1. The molecule has 0 spiro atoms. The molecule has 0 atom stereocenters. The number of aromatic nitrogens is 3. The average Bonchev–Trinajstić information content (AvgIpc) is 2.57. The van der Waals surface area contributed by atoms with Crippen LogP contribution in [0.2, 0.25) is 0 Å². The molecule has 1 aromatic heterocycles. The van der Waals surface area contributed by atoms with E-state index < -0.39 is 0 Å². The summed E-state index contributed by atoms with van der Waals surface area (Å²) in [5.41, 5.74) is 1.60. The van der Waals surface area contributed by atoms with Crippen molar-refractivity contribution in [1.29, 1.82) is 0 Å². The molecule has 0 aliphatic heterocycles. The molecule has 1 aromatic carbocycles. The molecule has 0 bridgehead atoms. The van der Waals surface area contributed by atoms with Crippen LogP contribution in [0.15, 0.2) is 29.1 Å². The van der Waals surface area contributed by atoms with Gasteiger partial charge in [-0.1, -0.05) is 12.1 Å². The predicted octanol–water partition coefficient (Wildman–Crippen LogP) is 0.643. The van der Waals surface area contributed by atoms with Gasteiger partial charge in [-0.15, -0.1) is 0 Å². The largest absolute Gasteiger partial charge is 0.395 e. The predicted molar refractivity (Wildman–Crippen MR) is 64.4 cm³/mol. The Hall–Kier alpha value is -1.88. The van der Waals surface area contributed by atoms with Crippen molar-refractivity contribution in [1.82, 2.24) is 14.3 Å². The minimum Gasteiger partial charge on any atom is -0.395 e. The highest BCUT2D eigenvalue weighted by Crippen LogP contribution is 2.07. The minimum atomic E-state index is -0.220. The summed E-state index contributed by atoms with van der Waals surface area (Å²) in [4.78, 5) is 12.0. The molecule has 0 unspecified atom stereocenters. The van der Waals surface area contributed by atoms with E-state index in [9.17, 15) is 4.79 Å². The fraction of sp³-hybridized carbons (Fsp3) is 0.333. The van der Waals surface area contributed by atoms with Crippen molar-refractivity contribution in [3.8, 4) is 5.69 Å². The molecule has 0 aliphatic carbocycles. The summed E-state index contributed by atoms with van der Waals surface area (Å²) in [6.45, 7) is 3.92. The molecule has 0 saturated heterocycles. The van der Waals surface area contributed by atoms with Gasteiger partial charge >= 0.3 is 5.69 Å². The fourth-order valence-corrected chi connectivity index (χ4v) is 1.78. The summed E-state index contributed by atoms with van der Waals surface area (Å²) in [5.74, 6) is 0.602. The van der Waals surface area contributed by atoms with Crippen LogP contribution in [0.4, 0.5) is 0 Å². The highest BCUT2D eigenvalue weighted by molar-refractivity contribution is 5.34. The topological polar surface area (TPSA) is 60.1 Å². The lowest BCUT2D eigenvalue weighted by Gasteiger charge is -2.00. The maximum absolute atomic E-state index is 12.0. The molecule has 5 nitrogen and oxygen atoms in total. The van der Waals surface area contributed by atoms with Crippen LogP contribution in [0.3, 0.4) is 0 Å². The van der Waals surface area contributed by atoms with Gasteiger partial charge in [0, 0.05) is 0 Å². The third-order valence-electron chi connectivity index (χ3n) is 2.62. The van der Waals surface area contributed by atoms with Crippen LogP contribution < -0.4 is 5.69 Å². The summed E-state index contributed by atoms with van der Waals surface area (Å²) in [5, 5.41) is 13.1. The van der Waals surface area contributed by atoms with Gasteiger partial charge in [0.25, 0.3) is 0 Å². The van der Waals surface area contributed by atoms with E-state index in [1.807, 2.05) is 31.2 Å². The van der Waals surface area contributed by atoms with Gasteiger partial charge < -0.3 is 5.11 Å². The van der Waals surface area contributed by atoms with E-state index in [1.54, 1.807) is 6.92 Å². The van der Waals surface area contributed by atoms with Gasteiger partial charge in [0.1, 0.15) is 5.82 Å². The van der Waals surface area contributed by atoms with E-state index in [4.69, 9.17) is 5.11 Å². The van der Waals surface area contributed by atoms with Crippen LogP contribution in [-0.4, -0.2) is 26.1 Å². The van der Waals surface area contributed by atoms with Crippen LogP contribution in [-0.2, 0) is 6.54 Å². The maximum atomic E-state index is 12.0. The normalized spacial score (nSPS) is 10.8. The quantitative estimate of drug-likeness (QED) is 0.846. The van der Waals surface area contributed by atoms with Crippen molar-refractivity contribution in [2.24, 2.45) is 0 Å². The Morgan fingerprint density at radius 2 is 2.12 bits per heavy atom. The Balaban J connectivity index is 2.54. The number of benzene rings is 1. The van der Waals surface area contributed by atoms with E-state index in [1.165, 1.54) is 9.25 Å².